The van der Waals surface area contributed by atoms with Gasteiger partial charge in [0.05, 0.1) is 13.5 Å². The molecule has 1 N–H and O–H groups in total. The number of amides is 1. The van der Waals surface area contributed by atoms with Gasteiger partial charge in [0.2, 0.25) is 5.91 Å². The van der Waals surface area contributed by atoms with Crippen LogP contribution in [0, 0.1) is 0 Å². The predicted octanol–water partition coefficient (Wildman–Crippen LogP) is 0.970. The average molecular weight is 293 g/mol. The van der Waals surface area contributed by atoms with E-state index in [-0.39, 0.29) is 13.0 Å². The maximum absolute atomic E-state index is 12.3. The molecule has 6 nitrogen and oxygen atoms in total. The summed E-state index contributed by atoms with van der Waals surface area (Å²) < 4.78 is 42.2. The Kier molecular flexibility index (Phi) is 5.12. The molecule has 0 aromatic carbocycles. The minimum Gasteiger partial charge on any atom is -0.469 e. The molecule has 9 heteroatoms. The Morgan fingerprint density at radius 2 is 2.15 bits per heavy atom. The van der Waals surface area contributed by atoms with Crippen molar-refractivity contribution in [3.8, 4) is 0 Å². The molecule has 0 spiro atoms. The molecule has 0 aliphatic heterocycles. The smallest absolute Gasteiger partial charge is 0.435 e. The molecule has 1 unspecified atom stereocenters. The molecule has 0 bridgehead atoms. The predicted molar refractivity (Wildman–Crippen MR) is 61.5 cm³/mol. The van der Waals surface area contributed by atoms with Gasteiger partial charge in [-0.3, -0.25) is 14.3 Å². The Hall–Kier alpha value is -2.06. The minimum absolute atomic E-state index is 0.0187. The lowest BCUT2D eigenvalue weighted by atomic mass is 10.2. The number of carbonyl (C=O) groups is 2. The summed E-state index contributed by atoms with van der Waals surface area (Å²) in [5.41, 5.74) is -1.06. The second-order valence-corrected chi connectivity index (χ2v) is 4.15. The Morgan fingerprint density at radius 1 is 1.50 bits per heavy atom. The molecule has 20 heavy (non-hydrogen) atoms. The number of alkyl halides is 3. The molecule has 1 aromatic rings. The van der Waals surface area contributed by atoms with Gasteiger partial charge < -0.3 is 10.1 Å². The highest BCUT2D eigenvalue weighted by Gasteiger charge is 2.33. The molecule has 1 amide bonds. The van der Waals surface area contributed by atoms with E-state index < -0.39 is 29.8 Å². The van der Waals surface area contributed by atoms with Crippen molar-refractivity contribution in [2.24, 2.45) is 0 Å². The minimum atomic E-state index is -4.54. The van der Waals surface area contributed by atoms with E-state index in [0.29, 0.717) is 0 Å². The van der Waals surface area contributed by atoms with Gasteiger partial charge in [0, 0.05) is 12.2 Å². The number of hydrogen-bond acceptors (Lipinski definition) is 4. The van der Waals surface area contributed by atoms with Crippen LogP contribution < -0.4 is 5.32 Å². The fourth-order valence-electron chi connectivity index (χ4n) is 1.45. The number of esters is 1. The zero-order valence-electron chi connectivity index (χ0n) is 10.9. The normalized spacial score (nSPS) is 12.8. The zero-order chi connectivity index (χ0) is 15.3. The first kappa shape index (κ1) is 16.0. The van der Waals surface area contributed by atoms with Gasteiger partial charge in [0.1, 0.15) is 6.54 Å². The van der Waals surface area contributed by atoms with Crippen molar-refractivity contribution in [2.75, 3.05) is 7.11 Å². The number of nitrogens with one attached hydrogen (secondary N) is 1. The third-order valence-corrected chi connectivity index (χ3v) is 2.34. The highest BCUT2D eigenvalue weighted by molar-refractivity contribution is 5.77. The van der Waals surface area contributed by atoms with Crippen LogP contribution in [-0.2, 0) is 27.0 Å². The van der Waals surface area contributed by atoms with Crippen molar-refractivity contribution < 1.29 is 27.5 Å². The number of nitrogens with zero attached hydrogens (tertiary/aromatic N) is 2. The molecule has 1 aromatic heterocycles. The van der Waals surface area contributed by atoms with Crippen LogP contribution in [0.2, 0.25) is 0 Å². The van der Waals surface area contributed by atoms with Crippen molar-refractivity contribution >= 4 is 11.9 Å². The van der Waals surface area contributed by atoms with Gasteiger partial charge in [-0.2, -0.15) is 18.3 Å². The summed E-state index contributed by atoms with van der Waals surface area (Å²) in [5, 5.41) is 5.70. The van der Waals surface area contributed by atoms with Crippen molar-refractivity contribution in [2.45, 2.75) is 32.1 Å². The topological polar surface area (TPSA) is 73.2 Å². The zero-order valence-corrected chi connectivity index (χ0v) is 10.9. The van der Waals surface area contributed by atoms with Crippen molar-refractivity contribution in [1.82, 2.24) is 15.1 Å². The number of methoxy groups -OCH3 is 1. The number of aromatic nitrogens is 2. The summed E-state index contributed by atoms with van der Waals surface area (Å²) in [6.45, 7) is 1.22. The summed E-state index contributed by atoms with van der Waals surface area (Å²) in [7, 11) is 1.22. The fraction of sp³-hybridized carbons (Fsp3) is 0.545. The third-order valence-electron chi connectivity index (χ3n) is 2.34. The summed E-state index contributed by atoms with van der Waals surface area (Å²) in [6.07, 6.45) is -3.50. The van der Waals surface area contributed by atoms with E-state index in [4.69, 9.17) is 0 Å². The van der Waals surface area contributed by atoms with E-state index in [1.54, 1.807) is 6.92 Å². The molecular weight excluding hydrogens is 279 g/mol. The quantitative estimate of drug-likeness (QED) is 0.821. The maximum atomic E-state index is 12.3. The van der Waals surface area contributed by atoms with Gasteiger partial charge in [-0.05, 0) is 13.0 Å². The van der Waals surface area contributed by atoms with Crippen molar-refractivity contribution in [1.29, 1.82) is 0 Å². The van der Waals surface area contributed by atoms with E-state index in [1.165, 1.54) is 7.11 Å². The lowest BCUT2D eigenvalue weighted by Gasteiger charge is -2.12. The second-order valence-electron chi connectivity index (χ2n) is 4.15. The van der Waals surface area contributed by atoms with E-state index in [1.807, 2.05) is 0 Å². The molecule has 0 saturated heterocycles. The molecule has 1 heterocycles. The fourth-order valence-corrected chi connectivity index (χ4v) is 1.45. The highest BCUT2D eigenvalue weighted by atomic mass is 19.4. The Morgan fingerprint density at radius 3 is 2.65 bits per heavy atom. The lowest BCUT2D eigenvalue weighted by Crippen LogP contribution is -2.36. The maximum Gasteiger partial charge on any atom is 0.435 e. The first-order valence-electron chi connectivity index (χ1n) is 5.69. The third kappa shape index (κ3) is 4.90. The number of rotatable bonds is 5. The highest BCUT2D eigenvalue weighted by Crippen LogP contribution is 2.27. The van der Waals surface area contributed by atoms with Gasteiger partial charge in [0.25, 0.3) is 0 Å². The first-order valence-corrected chi connectivity index (χ1v) is 5.69. The molecule has 112 valence electrons. The molecule has 0 saturated carbocycles. The average Bonchev–Trinajstić information content (AvgIpc) is 2.76. The Balaban J connectivity index is 2.50. The van der Waals surface area contributed by atoms with Crippen LogP contribution in [0.3, 0.4) is 0 Å². The number of ether oxygens (including phenoxy) is 1. The summed E-state index contributed by atoms with van der Waals surface area (Å²) in [5.74, 6) is -1.03. The van der Waals surface area contributed by atoms with E-state index in [0.717, 1.165) is 16.9 Å². The molecule has 0 aliphatic carbocycles. The number of halogens is 3. The summed E-state index contributed by atoms with van der Waals surface area (Å²) >= 11 is 0. The first-order chi connectivity index (χ1) is 9.22. The van der Waals surface area contributed by atoms with Gasteiger partial charge in [0.15, 0.2) is 5.69 Å². The molecule has 0 radical (unpaired) electrons. The van der Waals surface area contributed by atoms with Gasteiger partial charge >= 0.3 is 12.1 Å². The van der Waals surface area contributed by atoms with Crippen LogP contribution in [-0.4, -0.2) is 34.8 Å². The van der Waals surface area contributed by atoms with Crippen molar-refractivity contribution in [3.05, 3.63) is 18.0 Å². The second kappa shape index (κ2) is 6.40. The largest absolute Gasteiger partial charge is 0.469 e. The summed E-state index contributed by atoms with van der Waals surface area (Å²) in [6, 6.07) is 0.304. The molecular formula is C11H14F3N3O3. The van der Waals surface area contributed by atoms with Crippen LogP contribution in [0.25, 0.3) is 0 Å². The van der Waals surface area contributed by atoms with Crippen molar-refractivity contribution in [3.63, 3.8) is 0 Å². The van der Waals surface area contributed by atoms with Gasteiger partial charge in [-0.1, -0.05) is 0 Å². The molecule has 0 aliphatic rings. The van der Waals surface area contributed by atoms with Crippen LogP contribution in [0.1, 0.15) is 19.0 Å². The van der Waals surface area contributed by atoms with Gasteiger partial charge in [-0.15, -0.1) is 0 Å². The van der Waals surface area contributed by atoms with E-state index >= 15 is 0 Å². The van der Waals surface area contributed by atoms with Gasteiger partial charge in [-0.25, -0.2) is 0 Å². The number of carbonyl (C=O) groups excluding carboxylic acids is 2. The van der Waals surface area contributed by atoms with E-state index in [9.17, 15) is 22.8 Å². The Bertz CT molecular complexity index is 485. The molecule has 0 fully saturated rings. The number of hydrogen-bond donors (Lipinski definition) is 1. The molecule has 1 rings (SSSR count). The van der Waals surface area contributed by atoms with Crippen LogP contribution >= 0.6 is 0 Å². The van der Waals surface area contributed by atoms with Crippen LogP contribution in [0.15, 0.2) is 12.3 Å². The van der Waals surface area contributed by atoms with E-state index in [2.05, 4.69) is 15.2 Å². The SMILES string of the molecule is COC(=O)CC(C)NC(=O)Cn1ccc(C(F)(F)F)n1. The molecule has 1 atom stereocenters. The van der Waals surface area contributed by atoms with Crippen LogP contribution in [0.4, 0.5) is 13.2 Å². The Labute approximate surface area is 112 Å². The summed E-state index contributed by atoms with van der Waals surface area (Å²) in [4.78, 5) is 22.5. The van der Waals surface area contributed by atoms with Crippen LogP contribution in [0.5, 0.6) is 0 Å². The monoisotopic (exact) mass is 293 g/mol. The standard InChI is InChI=1S/C11H14F3N3O3/c1-7(5-10(19)20-2)15-9(18)6-17-4-3-8(16-17)11(12,13)14/h3-4,7H,5-6H2,1-2H3,(H,15,18). The lowest BCUT2D eigenvalue weighted by molar-refractivity contribution is -0.142.